The molecule has 2 atom stereocenters. The molecule has 0 spiro atoms. The second-order valence-electron chi connectivity index (χ2n) is 7.08. The zero-order chi connectivity index (χ0) is 16.1. The van der Waals surface area contributed by atoms with E-state index in [-0.39, 0.29) is 24.1 Å². The number of hydrogen-bond acceptors (Lipinski definition) is 3. The molecule has 1 saturated heterocycles. The molecule has 2 aliphatic rings. The summed E-state index contributed by atoms with van der Waals surface area (Å²) in [5.74, 6) is 0.866. The number of hydrogen-bond donors (Lipinski definition) is 0. The molecule has 1 aromatic rings. The summed E-state index contributed by atoms with van der Waals surface area (Å²) in [6, 6.07) is 6.85. The maximum Gasteiger partial charge on any atom is 0.461 e. The lowest BCUT2D eigenvalue weighted by molar-refractivity contribution is -0.0498. The molecule has 0 radical (unpaired) electrons. The van der Waals surface area contributed by atoms with Crippen molar-refractivity contribution >= 4 is 7.12 Å². The highest BCUT2D eigenvalue weighted by Gasteiger charge is 2.59. The Labute approximate surface area is 130 Å². The highest BCUT2D eigenvalue weighted by molar-refractivity contribution is 6.49. The van der Waals surface area contributed by atoms with Crippen LogP contribution < -0.4 is 4.74 Å². The van der Waals surface area contributed by atoms with E-state index in [4.69, 9.17) is 9.31 Å². The van der Waals surface area contributed by atoms with Crippen LogP contribution in [0.5, 0.6) is 5.75 Å². The SMILES string of the molecule is CC1(C)OB([C@H]2CC2c2ccc(OC(F)F)cc2)OC1(C)C. The minimum atomic E-state index is -2.79. The average molecular weight is 310 g/mol. The molecule has 0 amide bonds. The van der Waals surface area contributed by atoms with Crippen LogP contribution in [-0.2, 0) is 9.31 Å². The summed E-state index contributed by atoms with van der Waals surface area (Å²) in [5.41, 5.74) is 0.473. The Bertz CT molecular complexity index is 529. The largest absolute Gasteiger partial charge is 0.461 e. The topological polar surface area (TPSA) is 27.7 Å². The summed E-state index contributed by atoms with van der Waals surface area (Å²) < 4.78 is 40.8. The van der Waals surface area contributed by atoms with E-state index in [0.29, 0.717) is 11.7 Å². The van der Waals surface area contributed by atoms with Crippen LogP contribution in [0, 0.1) is 0 Å². The molecule has 2 fully saturated rings. The van der Waals surface area contributed by atoms with Crippen molar-refractivity contribution in [3.05, 3.63) is 29.8 Å². The van der Waals surface area contributed by atoms with Crippen LogP contribution in [-0.4, -0.2) is 24.9 Å². The Morgan fingerprint density at radius 2 is 1.64 bits per heavy atom. The van der Waals surface area contributed by atoms with Gasteiger partial charge < -0.3 is 14.0 Å². The zero-order valence-corrected chi connectivity index (χ0v) is 13.3. The smallest absolute Gasteiger partial charge is 0.435 e. The van der Waals surface area contributed by atoms with Gasteiger partial charge in [0.1, 0.15) is 5.75 Å². The van der Waals surface area contributed by atoms with Gasteiger partial charge in [0.15, 0.2) is 0 Å². The maximum atomic E-state index is 12.1. The number of halogens is 2. The standard InChI is InChI=1S/C16H21BF2O3/c1-15(2)16(3,4)22-17(21-15)13-9-12(13)10-5-7-11(8-6-10)20-14(18)19/h5-8,12-14H,9H2,1-4H3/t12?,13-/m0/s1. The number of rotatable bonds is 4. The third kappa shape index (κ3) is 2.86. The molecule has 0 N–H and O–H groups in total. The zero-order valence-electron chi connectivity index (χ0n) is 13.3. The highest BCUT2D eigenvalue weighted by atomic mass is 19.3. The van der Waals surface area contributed by atoms with Crippen LogP contribution in [0.15, 0.2) is 24.3 Å². The summed E-state index contributed by atoms with van der Waals surface area (Å²) in [6.45, 7) is 5.38. The van der Waals surface area contributed by atoms with Gasteiger partial charge in [-0.1, -0.05) is 12.1 Å². The van der Waals surface area contributed by atoms with Gasteiger partial charge in [0.05, 0.1) is 11.2 Å². The minimum absolute atomic E-state index is 0.187. The van der Waals surface area contributed by atoms with Crippen molar-refractivity contribution in [2.45, 2.75) is 63.7 Å². The van der Waals surface area contributed by atoms with Crippen molar-refractivity contribution in [3.8, 4) is 5.75 Å². The van der Waals surface area contributed by atoms with Gasteiger partial charge >= 0.3 is 13.7 Å². The molecule has 1 unspecified atom stereocenters. The normalized spacial score (nSPS) is 29.0. The first kappa shape index (κ1) is 15.7. The predicted octanol–water partition coefficient (Wildman–Crippen LogP) is 4.24. The molecule has 3 rings (SSSR count). The fourth-order valence-corrected chi connectivity index (χ4v) is 2.86. The van der Waals surface area contributed by atoms with E-state index in [1.165, 1.54) is 0 Å². The van der Waals surface area contributed by atoms with Gasteiger partial charge in [-0.3, -0.25) is 0 Å². The van der Waals surface area contributed by atoms with E-state index in [9.17, 15) is 8.78 Å². The summed E-state index contributed by atoms with van der Waals surface area (Å²) in [6.07, 6.45) is 0.992. The van der Waals surface area contributed by atoms with E-state index in [1.54, 1.807) is 12.1 Å². The quantitative estimate of drug-likeness (QED) is 0.779. The minimum Gasteiger partial charge on any atom is -0.435 e. The maximum absolute atomic E-state index is 12.1. The van der Waals surface area contributed by atoms with Crippen molar-refractivity contribution in [1.82, 2.24) is 0 Å². The molecule has 6 heteroatoms. The summed E-state index contributed by atoms with van der Waals surface area (Å²) >= 11 is 0. The second-order valence-corrected chi connectivity index (χ2v) is 7.08. The van der Waals surface area contributed by atoms with Crippen molar-refractivity contribution in [1.29, 1.82) is 0 Å². The van der Waals surface area contributed by atoms with E-state index in [0.717, 1.165) is 12.0 Å². The molecule has 22 heavy (non-hydrogen) atoms. The molecule has 0 bridgehead atoms. The fraction of sp³-hybridized carbons (Fsp3) is 0.625. The number of ether oxygens (including phenoxy) is 1. The molecule has 3 nitrogen and oxygen atoms in total. The van der Waals surface area contributed by atoms with Gasteiger partial charge in [0.2, 0.25) is 0 Å². The molecular weight excluding hydrogens is 289 g/mol. The number of alkyl halides is 2. The Balaban J connectivity index is 1.63. The molecule has 1 aromatic carbocycles. The van der Waals surface area contributed by atoms with E-state index >= 15 is 0 Å². The Kier molecular flexibility index (Phi) is 3.72. The highest BCUT2D eigenvalue weighted by Crippen LogP contribution is 2.58. The van der Waals surface area contributed by atoms with Crippen molar-refractivity contribution in [3.63, 3.8) is 0 Å². The first-order chi connectivity index (χ1) is 10.2. The summed E-state index contributed by atoms with van der Waals surface area (Å²) in [4.78, 5) is 0. The number of benzene rings is 1. The lowest BCUT2D eigenvalue weighted by Crippen LogP contribution is -2.41. The first-order valence-corrected chi connectivity index (χ1v) is 7.60. The van der Waals surface area contributed by atoms with Crippen LogP contribution in [0.4, 0.5) is 8.78 Å². The Morgan fingerprint density at radius 3 is 2.14 bits per heavy atom. The molecule has 1 aliphatic carbocycles. The van der Waals surface area contributed by atoms with Crippen molar-refractivity contribution < 1.29 is 22.8 Å². The van der Waals surface area contributed by atoms with E-state index in [2.05, 4.69) is 4.74 Å². The van der Waals surface area contributed by atoms with Crippen LogP contribution in [0.1, 0.15) is 45.6 Å². The molecular formula is C16H21BF2O3. The van der Waals surface area contributed by atoms with Gasteiger partial charge in [-0.05, 0) is 57.7 Å². The first-order valence-electron chi connectivity index (χ1n) is 7.60. The van der Waals surface area contributed by atoms with E-state index < -0.39 is 6.61 Å². The Morgan fingerprint density at radius 1 is 1.09 bits per heavy atom. The molecule has 1 heterocycles. The average Bonchev–Trinajstić information content (AvgIpc) is 3.13. The lowest BCUT2D eigenvalue weighted by atomic mass is 9.79. The van der Waals surface area contributed by atoms with Crippen LogP contribution in [0.2, 0.25) is 5.82 Å². The molecule has 120 valence electrons. The monoisotopic (exact) mass is 310 g/mol. The lowest BCUT2D eigenvalue weighted by Gasteiger charge is -2.32. The van der Waals surface area contributed by atoms with Gasteiger partial charge in [-0.2, -0.15) is 8.78 Å². The third-order valence-electron chi connectivity index (χ3n) is 4.99. The van der Waals surface area contributed by atoms with Gasteiger partial charge in [0.25, 0.3) is 0 Å². The fourth-order valence-electron chi connectivity index (χ4n) is 2.86. The van der Waals surface area contributed by atoms with Crippen molar-refractivity contribution in [2.75, 3.05) is 0 Å². The molecule has 1 saturated carbocycles. The van der Waals surface area contributed by atoms with Crippen molar-refractivity contribution in [2.24, 2.45) is 0 Å². The molecule has 1 aliphatic heterocycles. The Hall–Kier alpha value is -1.14. The summed E-state index contributed by atoms with van der Waals surface area (Å²) in [5, 5.41) is 0. The summed E-state index contributed by atoms with van der Waals surface area (Å²) in [7, 11) is -0.202. The van der Waals surface area contributed by atoms with Gasteiger partial charge in [-0.15, -0.1) is 0 Å². The predicted molar refractivity (Wildman–Crippen MR) is 80.3 cm³/mol. The van der Waals surface area contributed by atoms with Crippen LogP contribution in [0.3, 0.4) is 0 Å². The van der Waals surface area contributed by atoms with Gasteiger partial charge in [0, 0.05) is 5.82 Å². The molecule has 0 aromatic heterocycles. The second kappa shape index (κ2) is 5.20. The third-order valence-corrected chi connectivity index (χ3v) is 4.99. The van der Waals surface area contributed by atoms with Gasteiger partial charge in [-0.25, -0.2) is 0 Å². The van der Waals surface area contributed by atoms with Crippen LogP contribution >= 0.6 is 0 Å². The van der Waals surface area contributed by atoms with E-state index in [1.807, 2.05) is 39.8 Å². The van der Waals surface area contributed by atoms with Crippen LogP contribution in [0.25, 0.3) is 0 Å².